The smallest absolute Gasteiger partial charge is 0.267 e. The molecule has 0 aromatic heterocycles. The minimum atomic E-state index is -0.429. The monoisotopic (exact) mass is 273 g/mol. The van der Waals surface area contributed by atoms with Gasteiger partial charge in [0.2, 0.25) is 0 Å². The summed E-state index contributed by atoms with van der Waals surface area (Å²) in [5, 5.41) is 14.6. The lowest BCUT2D eigenvalue weighted by atomic mass is 10.2. The van der Waals surface area contributed by atoms with E-state index in [9.17, 15) is 4.79 Å². The first-order valence-electron chi connectivity index (χ1n) is 6.50. The fourth-order valence-corrected chi connectivity index (χ4v) is 1.47. The van der Waals surface area contributed by atoms with E-state index in [2.05, 4.69) is 17.6 Å². The molecule has 0 fully saturated rings. The summed E-state index contributed by atoms with van der Waals surface area (Å²) in [5.41, 5.74) is 0.669. The molecular formula is C15H19N3O2. The molecule has 0 unspecified atom stereocenters. The molecule has 0 aliphatic carbocycles. The van der Waals surface area contributed by atoms with Gasteiger partial charge < -0.3 is 15.4 Å². The average Bonchev–Trinajstić information content (AvgIpc) is 2.48. The lowest BCUT2D eigenvalue weighted by molar-refractivity contribution is -0.112. The average molecular weight is 273 g/mol. The van der Waals surface area contributed by atoms with Gasteiger partial charge >= 0.3 is 0 Å². The maximum Gasteiger partial charge on any atom is 0.267 e. The number of nitrogens with one attached hydrogen (secondary N) is 2. The Morgan fingerprint density at radius 1 is 1.40 bits per heavy atom. The number of carbonyl (C=O) groups is 1. The van der Waals surface area contributed by atoms with E-state index in [1.165, 1.54) is 6.20 Å². The summed E-state index contributed by atoms with van der Waals surface area (Å²) >= 11 is 0. The van der Waals surface area contributed by atoms with Crippen molar-refractivity contribution in [2.24, 2.45) is 0 Å². The van der Waals surface area contributed by atoms with E-state index in [1.54, 1.807) is 31.4 Å². The van der Waals surface area contributed by atoms with Crippen LogP contribution in [0.5, 0.6) is 5.75 Å². The van der Waals surface area contributed by atoms with E-state index >= 15 is 0 Å². The Bertz CT molecular complexity index is 501. The van der Waals surface area contributed by atoms with Crippen LogP contribution in [0.4, 0.5) is 5.69 Å². The van der Waals surface area contributed by atoms with Crippen LogP contribution in [0.15, 0.2) is 36.0 Å². The van der Waals surface area contributed by atoms with Crippen LogP contribution >= 0.6 is 0 Å². The Morgan fingerprint density at radius 2 is 2.10 bits per heavy atom. The Morgan fingerprint density at radius 3 is 2.65 bits per heavy atom. The van der Waals surface area contributed by atoms with Gasteiger partial charge in [0.1, 0.15) is 17.4 Å². The highest BCUT2D eigenvalue weighted by atomic mass is 16.5. The number of benzene rings is 1. The molecule has 20 heavy (non-hydrogen) atoms. The lowest BCUT2D eigenvalue weighted by Crippen LogP contribution is -2.17. The number of rotatable bonds is 7. The Hall–Kier alpha value is -2.48. The van der Waals surface area contributed by atoms with Gasteiger partial charge in [0.25, 0.3) is 5.91 Å². The SMILES string of the molecule is CCCCN/C=C(/C#N)C(=O)Nc1ccc(OC)cc1. The minimum Gasteiger partial charge on any atom is -0.497 e. The first-order valence-corrected chi connectivity index (χ1v) is 6.50. The molecule has 1 amide bonds. The molecule has 0 spiro atoms. The third-order valence-electron chi connectivity index (χ3n) is 2.63. The van der Waals surface area contributed by atoms with E-state index in [4.69, 9.17) is 10.00 Å². The summed E-state index contributed by atoms with van der Waals surface area (Å²) in [7, 11) is 1.58. The maximum atomic E-state index is 11.9. The Labute approximate surface area is 119 Å². The summed E-state index contributed by atoms with van der Waals surface area (Å²) in [6, 6.07) is 8.80. The number of ether oxygens (including phenoxy) is 1. The molecule has 0 bridgehead atoms. The number of hydrogen-bond acceptors (Lipinski definition) is 4. The van der Waals surface area contributed by atoms with Gasteiger partial charge in [-0.05, 0) is 30.7 Å². The van der Waals surface area contributed by atoms with Crippen LogP contribution in [0.1, 0.15) is 19.8 Å². The van der Waals surface area contributed by atoms with Gasteiger partial charge in [0.05, 0.1) is 7.11 Å². The molecule has 0 saturated carbocycles. The second kappa shape index (κ2) is 8.59. The van der Waals surface area contributed by atoms with Gasteiger partial charge in [-0.15, -0.1) is 0 Å². The lowest BCUT2D eigenvalue weighted by Gasteiger charge is -2.06. The van der Waals surface area contributed by atoms with Crippen molar-refractivity contribution in [3.8, 4) is 11.8 Å². The second-order valence-corrected chi connectivity index (χ2v) is 4.16. The molecule has 0 heterocycles. The number of nitrogens with zero attached hydrogens (tertiary/aromatic N) is 1. The zero-order valence-electron chi connectivity index (χ0n) is 11.8. The number of unbranched alkanes of at least 4 members (excludes halogenated alkanes) is 1. The predicted octanol–water partition coefficient (Wildman–Crippen LogP) is 2.43. The van der Waals surface area contributed by atoms with Crippen LogP contribution in [0, 0.1) is 11.3 Å². The van der Waals surface area contributed by atoms with E-state index in [1.807, 2.05) is 6.07 Å². The molecule has 1 rings (SSSR count). The van der Waals surface area contributed by atoms with Crippen molar-refractivity contribution in [2.75, 3.05) is 19.0 Å². The largest absolute Gasteiger partial charge is 0.497 e. The van der Waals surface area contributed by atoms with Gasteiger partial charge in [-0.2, -0.15) is 5.26 Å². The van der Waals surface area contributed by atoms with Crippen LogP contribution in [-0.2, 0) is 4.79 Å². The highest BCUT2D eigenvalue weighted by molar-refractivity contribution is 6.06. The molecule has 5 heteroatoms. The summed E-state index contributed by atoms with van der Waals surface area (Å²) < 4.78 is 5.03. The van der Waals surface area contributed by atoms with Crippen molar-refractivity contribution < 1.29 is 9.53 Å². The number of nitriles is 1. The molecule has 0 aliphatic rings. The number of amides is 1. The standard InChI is InChI=1S/C15H19N3O2/c1-3-4-9-17-11-12(10-16)15(19)18-13-5-7-14(20-2)8-6-13/h5-8,11,17H,3-4,9H2,1-2H3,(H,18,19)/b12-11-. The zero-order chi connectivity index (χ0) is 14.8. The van der Waals surface area contributed by atoms with E-state index < -0.39 is 5.91 Å². The zero-order valence-corrected chi connectivity index (χ0v) is 11.8. The van der Waals surface area contributed by atoms with Crippen LogP contribution in [0.25, 0.3) is 0 Å². The fourth-order valence-electron chi connectivity index (χ4n) is 1.47. The Kier molecular flexibility index (Phi) is 6.69. The van der Waals surface area contributed by atoms with E-state index in [-0.39, 0.29) is 5.57 Å². The molecule has 1 aromatic carbocycles. The number of hydrogen-bond donors (Lipinski definition) is 2. The van der Waals surface area contributed by atoms with Crippen molar-refractivity contribution in [1.82, 2.24) is 5.32 Å². The molecule has 0 radical (unpaired) electrons. The van der Waals surface area contributed by atoms with Crippen molar-refractivity contribution in [2.45, 2.75) is 19.8 Å². The van der Waals surface area contributed by atoms with Crippen LogP contribution in [0.3, 0.4) is 0 Å². The normalized spacial score (nSPS) is 10.6. The summed E-state index contributed by atoms with van der Waals surface area (Å²) in [6.45, 7) is 2.82. The number of anilines is 1. The molecule has 5 nitrogen and oxygen atoms in total. The van der Waals surface area contributed by atoms with Crippen LogP contribution in [0.2, 0.25) is 0 Å². The van der Waals surface area contributed by atoms with Gasteiger partial charge in [0.15, 0.2) is 0 Å². The maximum absolute atomic E-state index is 11.9. The number of methoxy groups -OCH3 is 1. The van der Waals surface area contributed by atoms with Crippen LogP contribution < -0.4 is 15.4 Å². The first-order chi connectivity index (χ1) is 9.71. The van der Waals surface area contributed by atoms with Crippen molar-refractivity contribution >= 4 is 11.6 Å². The van der Waals surface area contributed by atoms with Crippen molar-refractivity contribution in [1.29, 1.82) is 5.26 Å². The predicted molar refractivity (Wildman–Crippen MR) is 78.2 cm³/mol. The topological polar surface area (TPSA) is 74.2 Å². The third kappa shape index (κ3) is 5.02. The van der Waals surface area contributed by atoms with E-state index in [0.717, 1.165) is 19.4 Å². The molecule has 2 N–H and O–H groups in total. The van der Waals surface area contributed by atoms with Gasteiger partial charge in [0, 0.05) is 18.4 Å². The van der Waals surface area contributed by atoms with Crippen molar-refractivity contribution in [3.05, 3.63) is 36.0 Å². The van der Waals surface area contributed by atoms with Gasteiger partial charge in [-0.3, -0.25) is 4.79 Å². The summed E-state index contributed by atoms with van der Waals surface area (Å²) in [5.74, 6) is 0.280. The molecule has 106 valence electrons. The van der Waals surface area contributed by atoms with Crippen molar-refractivity contribution in [3.63, 3.8) is 0 Å². The third-order valence-corrected chi connectivity index (χ3v) is 2.63. The summed E-state index contributed by atoms with van der Waals surface area (Å²) in [6.07, 6.45) is 3.50. The molecule has 0 aliphatic heterocycles. The second-order valence-electron chi connectivity index (χ2n) is 4.16. The molecule has 0 atom stereocenters. The Balaban J connectivity index is 2.60. The molecule has 0 saturated heterocycles. The van der Waals surface area contributed by atoms with Gasteiger partial charge in [-0.25, -0.2) is 0 Å². The number of carbonyl (C=O) groups excluding carboxylic acids is 1. The first kappa shape index (κ1) is 15.6. The highest BCUT2D eigenvalue weighted by Crippen LogP contribution is 2.15. The highest BCUT2D eigenvalue weighted by Gasteiger charge is 2.08. The van der Waals surface area contributed by atoms with E-state index in [0.29, 0.717) is 11.4 Å². The van der Waals surface area contributed by atoms with Gasteiger partial charge in [-0.1, -0.05) is 13.3 Å². The minimum absolute atomic E-state index is 0.0527. The summed E-state index contributed by atoms with van der Waals surface area (Å²) in [4.78, 5) is 11.9. The molecule has 1 aromatic rings. The fraction of sp³-hybridized carbons (Fsp3) is 0.333. The molecular weight excluding hydrogens is 254 g/mol. The van der Waals surface area contributed by atoms with Crippen LogP contribution in [-0.4, -0.2) is 19.6 Å². The quantitative estimate of drug-likeness (QED) is 0.454.